The topological polar surface area (TPSA) is 79.7 Å². The van der Waals surface area contributed by atoms with E-state index in [-0.39, 0.29) is 11.3 Å². The smallest absolute Gasteiger partial charge is 0.301 e. The normalized spacial score (nSPS) is 16.9. The Morgan fingerprint density at radius 3 is 2.47 bits per heavy atom. The van der Waals surface area contributed by atoms with E-state index in [0.29, 0.717) is 22.9 Å². The maximum atomic E-state index is 13.5. The highest BCUT2D eigenvalue weighted by Crippen LogP contribution is 2.45. The van der Waals surface area contributed by atoms with Gasteiger partial charge in [0.2, 0.25) is 0 Å². The highest BCUT2D eigenvalue weighted by Gasteiger charge is 2.48. The van der Waals surface area contributed by atoms with Crippen molar-refractivity contribution in [2.75, 3.05) is 11.5 Å². The minimum absolute atomic E-state index is 0.0463. The number of aromatic nitrogens is 1. The van der Waals surface area contributed by atoms with Gasteiger partial charge in [-0.1, -0.05) is 79.6 Å². The predicted octanol–water partition coefficient (Wildman–Crippen LogP) is 7.11. The van der Waals surface area contributed by atoms with E-state index in [0.717, 1.165) is 46.4 Å². The molecule has 194 valence electrons. The lowest BCUT2D eigenvalue weighted by atomic mass is 9.95. The first kappa shape index (κ1) is 25.7. The molecule has 0 bridgehead atoms. The van der Waals surface area contributed by atoms with E-state index in [9.17, 15) is 14.7 Å². The highest BCUT2D eigenvalue weighted by atomic mass is 32.1. The van der Waals surface area contributed by atoms with Gasteiger partial charge in [0.1, 0.15) is 11.5 Å². The summed E-state index contributed by atoms with van der Waals surface area (Å²) in [6.45, 7) is 6.78. The van der Waals surface area contributed by atoms with Gasteiger partial charge in [0, 0.05) is 5.56 Å². The maximum Gasteiger partial charge on any atom is 0.301 e. The molecule has 1 amide bonds. The fourth-order valence-corrected chi connectivity index (χ4v) is 6.02. The van der Waals surface area contributed by atoms with Crippen molar-refractivity contribution in [3.05, 3.63) is 94.6 Å². The van der Waals surface area contributed by atoms with E-state index in [1.54, 1.807) is 24.3 Å². The Kier molecular flexibility index (Phi) is 7.29. The number of hydrogen-bond donors (Lipinski definition) is 1. The average molecular weight is 527 g/mol. The van der Waals surface area contributed by atoms with Gasteiger partial charge in [0.05, 0.1) is 28.4 Å². The van der Waals surface area contributed by atoms with Crippen LogP contribution in [0.4, 0.5) is 5.13 Å². The minimum atomic E-state index is -0.827. The number of carbonyl (C=O) groups excluding carboxylic acids is 2. The summed E-state index contributed by atoms with van der Waals surface area (Å²) in [5.74, 6) is -0.926. The number of amides is 1. The second kappa shape index (κ2) is 10.8. The number of unbranched alkanes of at least 4 members (excludes halogenated alkanes) is 2. The molecule has 6 nitrogen and oxygen atoms in total. The second-order valence-corrected chi connectivity index (χ2v) is 10.6. The molecule has 5 rings (SSSR count). The first-order valence-corrected chi connectivity index (χ1v) is 13.7. The van der Waals surface area contributed by atoms with Gasteiger partial charge in [-0.15, -0.1) is 0 Å². The molecule has 1 N–H and O–H groups in total. The number of aliphatic hydroxyl groups is 1. The second-order valence-electron chi connectivity index (χ2n) is 9.58. The molecular formula is C31H30N2O4S. The summed E-state index contributed by atoms with van der Waals surface area (Å²) in [5, 5.41) is 11.7. The summed E-state index contributed by atoms with van der Waals surface area (Å²) in [6.07, 6.45) is 3.20. The molecular weight excluding hydrogens is 496 g/mol. The van der Waals surface area contributed by atoms with Gasteiger partial charge in [0.15, 0.2) is 5.13 Å². The number of aryl methyl sites for hydroxylation is 2. The van der Waals surface area contributed by atoms with Crippen molar-refractivity contribution < 1.29 is 19.4 Å². The highest BCUT2D eigenvalue weighted by molar-refractivity contribution is 7.22. The number of Topliss-reactive ketones (excluding diaryl/α,β-unsaturated/α-hetero) is 1. The number of ketones is 1. The van der Waals surface area contributed by atoms with Crippen LogP contribution in [0.25, 0.3) is 16.0 Å². The summed E-state index contributed by atoms with van der Waals surface area (Å²) in [5.41, 5.74) is 4.11. The molecule has 1 saturated heterocycles. The molecule has 1 unspecified atom stereocenters. The molecule has 1 aliphatic heterocycles. The molecule has 0 aliphatic carbocycles. The predicted molar refractivity (Wildman–Crippen MR) is 152 cm³/mol. The van der Waals surface area contributed by atoms with Gasteiger partial charge in [-0.3, -0.25) is 14.5 Å². The molecule has 0 spiro atoms. The number of fused-ring (bicyclic) bond motifs is 1. The molecule has 0 saturated carbocycles. The monoisotopic (exact) mass is 526 g/mol. The van der Waals surface area contributed by atoms with Crippen molar-refractivity contribution in [2.45, 2.75) is 46.1 Å². The van der Waals surface area contributed by atoms with Crippen molar-refractivity contribution in [3.63, 3.8) is 0 Å². The lowest BCUT2D eigenvalue weighted by molar-refractivity contribution is -0.132. The van der Waals surface area contributed by atoms with E-state index in [2.05, 4.69) is 6.92 Å². The van der Waals surface area contributed by atoms with E-state index >= 15 is 0 Å². The zero-order valence-corrected chi connectivity index (χ0v) is 22.5. The summed E-state index contributed by atoms with van der Waals surface area (Å²) in [7, 11) is 0. The maximum absolute atomic E-state index is 13.5. The average Bonchev–Trinajstić information content (AvgIpc) is 3.45. The molecule has 0 radical (unpaired) electrons. The number of benzene rings is 3. The Bertz CT molecular complexity index is 1520. The van der Waals surface area contributed by atoms with Crippen LogP contribution in [0.3, 0.4) is 0 Å². The van der Waals surface area contributed by atoms with Crippen LogP contribution in [-0.4, -0.2) is 28.4 Å². The third-order valence-electron chi connectivity index (χ3n) is 6.73. The van der Waals surface area contributed by atoms with Gasteiger partial charge in [-0.2, -0.15) is 0 Å². The molecule has 2 heterocycles. The Morgan fingerprint density at radius 2 is 1.76 bits per heavy atom. The van der Waals surface area contributed by atoms with Gasteiger partial charge in [-0.05, 0) is 55.2 Å². The largest absolute Gasteiger partial charge is 0.507 e. The van der Waals surface area contributed by atoms with Crippen molar-refractivity contribution in [1.82, 2.24) is 4.98 Å². The van der Waals surface area contributed by atoms with Crippen molar-refractivity contribution in [1.29, 1.82) is 0 Å². The van der Waals surface area contributed by atoms with Gasteiger partial charge in [-0.25, -0.2) is 4.98 Å². The number of rotatable bonds is 8. The van der Waals surface area contributed by atoms with Gasteiger partial charge < -0.3 is 9.84 Å². The summed E-state index contributed by atoms with van der Waals surface area (Å²) in [4.78, 5) is 33.1. The molecule has 1 aliphatic rings. The zero-order valence-electron chi connectivity index (χ0n) is 21.7. The summed E-state index contributed by atoms with van der Waals surface area (Å²) in [6, 6.07) is 19.5. The van der Waals surface area contributed by atoms with Crippen molar-refractivity contribution in [2.24, 2.45) is 0 Å². The molecule has 38 heavy (non-hydrogen) atoms. The number of thiazole rings is 1. The van der Waals surface area contributed by atoms with Crippen LogP contribution in [0.1, 0.15) is 54.5 Å². The minimum Gasteiger partial charge on any atom is -0.507 e. The molecule has 7 heteroatoms. The number of aliphatic hydroxyl groups excluding tert-OH is 1. The lowest BCUT2D eigenvalue weighted by Gasteiger charge is -2.23. The quantitative estimate of drug-likeness (QED) is 0.115. The number of hydrogen-bond acceptors (Lipinski definition) is 6. The third-order valence-corrected chi connectivity index (χ3v) is 7.73. The standard InChI is InChI=1S/C31H30N2O4S/c1-4-5-9-16-37-23-14-12-21(13-15-23)27-25(28(34)22-10-7-6-8-11-22)29(35)30(36)33(27)31-32-26-20(3)17-19(2)18-24(26)38-31/h6-8,10-15,17-18,27,34H,4-5,9,16H2,1-3H3/b28-25+. The molecule has 3 aromatic carbocycles. The van der Waals surface area contributed by atoms with Crippen LogP contribution in [0, 0.1) is 13.8 Å². The van der Waals surface area contributed by atoms with E-state index in [1.165, 1.54) is 16.2 Å². The van der Waals surface area contributed by atoms with Crippen LogP contribution in [0.15, 0.2) is 72.3 Å². The SMILES string of the molecule is CCCCCOc1ccc(C2/C(=C(\O)c3ccccc3)C(=O)C(=O)N2c2nc3c(C)cc(C)cc3s2)cc1. The molecule has 1 fully saturated rings. The zero-order chi connectivity index (χ0) is 26.8. The van der Waals surface area contributed by atoms with Crippen LogP contribution < -0.4 is 9.64 Å². The van der Waals surface area contributed by atoms with Gasteiger partial charge >= 0.3 is 5.91 Å². The van der Waals surface area contributed by atoms with E-state index < -0.39 is 17.7 Å². The Labute approximate surface area is 226 Å². The van der Waals surface area contributed by atoms with Crippen molar-refractivity contribution >= 4 is 44.1 Å². The number of carbonyl (C=O) groups is 2. The molecule has 4 aromatic rings. The number of nitrogens with zero attached hydrogens (tertiary/aromatic N) is 2. The Balaban J connectivity index is 1.61. The molecule has 1 atom stereocenters. The first-order chi connectivity index (χ1) is 18.4. The Hall–Kier alpha value is -3.97. The van der Waals surface area contributed by atoms with E-state index in [1.807, 2.05) is 56.3 Å². The number of ether oxygens (including phenoxy) is 1. The summed E-state index contributed by atoms with van der Waals surface area (Å²) < 4.78 is 6.81. The lowest BCUT2D eigenvalue weighted by Crippen LogP contribution is -2.29. The van der Waals surface area contributed by atoms with Crippen LogP contribution >= 0.6 is 11.3 Å². The number of anilines is 1. The fourth-order valence-electron chi connectivity index (χ4n) is 4.85. The molecule has 1 aromatic heterocycles. The fraction of sp³-hybridized carbons (Fsp3) is 0.258. The van der Waals surface area contributed by atoms with Gasteiger partial charge in [0.25, 0.3) is 5.78 Å². The van der Waals surface area contributed by atoms with Crippen LogP contribution in [-0.2, 0) is 9.59 Å². The van der Waals surface area contributed by atoms with Crippen molar-refractivity contribution in [3.8, 4) is 5.75 Å². The third kappa shape index (κ3) is 4.82. The first-order valence-electron chi connectivity index (χ1n) is 12.9. The van der Waals surface area contributed by atoms with Crippen LogP contribution in [0.5, 0.6) is 5.75 Å². The summed E-state index contributed by atoms with van der Waals surface area (Å²) >= 11 is 1.37. The Morgan fingerprint density at radius 1 is 1.03 bits per heavy atom. The van der Waals surface area contributed by atoms with Crippen LogP contribution in [0.2, 0.25) is 0 Å². The van der Waals surface area contributed by atoms with E-state index in [4.69, 9.17) is 9.72 Å².